The first kappa shape index (κ1) is 74.2. The standard InChI is InChI=1S/C67H127NO10/c1-3-5-7-9-11-13-15-16-30-34-37-41-45-49-53-60(70)59(58-77-67-66(75)65(74)64(73)61(57-69)78-67)68-62(71)54-50-46-42-38-35-31-28-26-24-22-20-18-17-19-21-23-25-27-29-32-36-40-44-48-52-56-76-63(72)55-51-47-43-39-33-14-12-10-8-6-4-2/h18,20,49,53,59-61,64-67,69-70,73-75H,3-17,19,21-48,50-52,54-58H2,1-2H3,(H,68,71)/b20-18-,53-49+. The number of ether oxygens (including phenoxy) is 3. The van der Waals surface area contributed by atoms with Crippen molar-refractivity contribution in [3.05, 3.63) is 24.3 Å². The summed E-state index contributed by atoms with van der Waals surface area (Å²) in [5.74, 6) is -0.180. The van der Waals surface area contributed by atoms with Crippen LogP contribution in [0.5, 0.6) is 0 Å². The lowest BCUT2D eigenvalue weighted by atomic mass is 9.99. The van der Waals surface area contributed by atoms with E-state index >= 15 is 0 Å². The predicted octanol–water partition coefficient (Wildman–Crippen LogP) is 16.5. The maximum Gasteiger partial charge on any atom is 0.305 e. The molecule has 1 saturated heterocycles. The number of carbonyl (C=O) groups is 2. The fraction of sp³-hybridized carbons (Fsp3) is 0.910. The van der Waals surface area contributed by atoms with Gasteiger partial charge in [-0.3, -0.25) is 9.59 Å². The van der Waals surface area contributed by atoms with Crippen molar-refractivity contribution in [1.82, 2.24) is 5.32 Å². The molecule has 0 aromatic heterocycles. The monoisotopic (exact) mass is 1110 g/mol. The highest BCUT2D eigenvalue weighted by molar-refractivity contribution is 5.76. The first-order valence-electron chi connectivity index (χ1n) is 33.6. The minimum Gasteiger partial charge on any atom is -0.466 e. The van der Waals surface area contributed by atoms with Crippen molar-refractivity contribution >= 4 is 11.9 Å². The average Bonchev–Trinajstić information content (AvgIpc) is 3.45. The number of nitrogens with one attached hydrogen (secondary N) is 1. The molecular formula is C67H127NO10. The third kappa shape index (κ3) is 45.7. The van der Waals surface area contributed by atoms with Gasteiger partial charge in [-0.25, -0.2) is 0 Å². The first-order chi connectivity index (χ1) is 38.2. The third-order valence-electron chi connectivity index (χ3n) is 16.1. The van der Waals surface area contributed by atoms with E-state index in [9.17, 15) is 35.1 Å². The van der Waals surface area contributed by atoms with Crippen LogP contribution in [0.15, 0.2) is 24.3 Å². The summed E-state index contributed by atoms with van der Waals surface area (Å²) < 4.78 is 16.7. The van der Waals surface area contributed by atoms with E-state index in [0.717, 1.165) is 57.8 Å². The van der Waals surface area contributed by atoms with Gasteiger partial charge in [0.25, 0.3) is 0 Å². The maximum atomic E-state index is 13.1. The van der Waals surface area contributed by atoms with Crippen LogP contribution in [0.4, 0.5) is 0 Å². The van der Waals surface area contributed by atoms with Crippen LogP contribution in [0.3, 0.4) is 0 Å². The number of unbranched alkanes of at least 4 members (excludes halogenated alkanes) is 43. The van der Waals surface area contributed by atoms with Crippen LogP contribution in [0.1, 0.15) is 328 Å². The van der Waals surface area contributed by atoms with E-state index in [0.29, 0.717) is 19.4 Å². The summed E-state index contributed by atoms with van der Waals surface area (Å²) in [4.78, 5) is 25.1. The van der Waals surface area contributed by atoms with Crippen LogP contribution in [0.2, 0.25) is 0 Å². The van der Waals surface area contributed by atoms with E-state index in [4.69, 9.17) is 14.2 Å². The molecule has 0 aliphatic carbocycles. The molecule has 1 heterocycles. The topological polar surface area (TPSA) is 175 Å². The van der Waals surface area contributed by atoms with Crippen LogP contribution in [-0.4, -0.2) is 100 Å². The average molecular weight is 1110 g/mol. The molecule has 1 fully saturated rings. The Morgan fingerprint density at radius 2 is 0.821 bits per heavy atom. The molecule has 11 heteroatoms. The van der Waals surface area contributed by atoms with Gasteiger partial charge in [-0.1, -0.05) is 282 Å². The second kappa shape index (κ2) is 57.0. The Morgan fingerprint density at radius 3 is 1.23 bits per heavy atom. The van der Waals surface area contributed by atoms with Gasteiger partial charge in [0, 0.05) is 12.8 Å². The molecule has 78 heavy (non-hydrogen) atoms. The molecule has 0 radical (unpaired) electrons. The zero-order chi connectivity index (χ0) is 56.6. The molecule has 1 aliphatic rings. The smallest absolute Gasteiger partial charge is 0.305 e. The Hall–Kier alpha value is -1.86. The van der Waals surface area contributed by atoms with Crippen LogP contribution in [0, 0.1) is 0 Å². The van der Waals surface area contributed by atoms with Crippen molar-refractivity contribution in [3.8, 4) is 0 Å². The SMILES string of the molecule is CCCCCCCCCCCCCC/C=C/C(O)C(COC1OC(CO)C(O)C(O)C1O)NC(=O)CCCCCCCCCCC/C=C\CCCCCCCCCCCCCCOC(=O)CCCCCCCCCCCCC. The van der Waals surface area contributed by atoms with Crippen molar-refractivity contribution in [2.45, 2.75) is 371 Å². The van der Waals surface area contributed by atoms with Crippen LogP contribution in [-0.2, 0) is 23.8 Å². The number of hydrogen-bond donors (Lipinski definition) is 6. The van der Waals surface area contributed by atoms with Crippen molar-refractivity contribution in [3.63, 3.8) is 0 Å². The molecule has 0 aromatic rings. The molecule has 11 nitrogen and oxygen atoms in total. The maximum absolute atomic E-state index is 13.1. The highest BCUT2D eigenvalue weighted by Crippen LogP contribution is 2.23. The van der Waals surface area contributed by atoms with E-state index in [2.05, 4.69) is 31.3 Å². The molecule has 1 amide bonds. The Bertz CT molecular complexity index is 1350. The van der Waals surface area contributed by atoms with Gasteiger partial charge < -0.3 is 45.1 Å². The summed E-state index contributed by atoms with van der Waals surface area (Å²) in [6.45, 7) is 4.37. The van der Waals surface area contributed by atoms with E-state index in [1.807, 2.05) is 6.08 Å². The summed E-state index contributed by atoms with van der Waals surface area (Å²) in [7, 11) is 0. The highest BCUT2D eigenvalue weighted by Gasteiger charge is 2.44. The highest BCUT2D eigenvalue weighted by atomic mass is 16.7. The summed E-state index contributed by atoms with van der Waals surface area (Å²) >= 11 is 0. The van der Waals surface area contributed by atoms with E-state index in [1.165, 1.54) is 244 Å². The van der Waals surface area contributed by atoms with Crippen LogP contribution in [0.25, 0.3) is 0 Å². The fourth-order valence-electron chi connectivity index (χ4n) is 10.7. The van der Waals surface area contributed by atoms with Crippen LogP contribution < -0.4 is 5.32 Å². The number of esters is 1. The summed E-state index contributed by atoms with van der Waals surface area (Å²) in [5, 5.41) is 54.5. The molecule has 1 rings (SSSR count). The number of aliphatic hydroxyl groups is 5. The zero-order valence-corrected chi connectivity index (χ0v) is 50.9. The predicted molar refractivity (Wildman–Crippen MR) is 324 cm³/mol. The Kier molecular flexibility index (Phi) is 54.2. The largest absolute Gasteiger partial charge is 0.466 e. The molecule has 1 aliphatic heterocycles. The molecule has 7 atom stereocenters. The van der Waals surface area contributed by atoms with Crippen molar-refractivity contribution in [2.24, 2.45) is 0 Å². The molecule has 6 N–H and O–H groups in total. The lowest BCUT2D eigenvalue weighted by Gasteiger charge is -2.40. The lowest BCUT2D eigenvalue weighted by Crippen LogP contribution is -2.60. The second-order valence-electron chi connectivity index (χ2n) is 23.5. The number of rotatable bonds is 59. The number of aliphatic hydroxyl groups excluding tert-OH is 5. The third-order valence-corrected chi connectivity index (χ3v) is 16.1. The lowest BCUT2D eigenvalue weighted by molar-refractivity contribution is -0.302. The fourth-order valence-corrected chi connectivity index (χ4v) is 10.7. The Labute approximate surface area is 480 Å². The van der Waals surface area contributed by atoms with Gasteiger partial charge in [-0.15, -0.1) is 0 Å². The van der Waals surface area contributed by atoms with Crippen molar-refractivity contribution in [2.75, 3.05) is 19.8 Å². The van der Waals surface area contributed by atoms with Gasteiger partial charge in [-0.05, 0) is 57.8 Å². The quantitative estimate of drug-likeness (QED) is 0.0195. The molecule has 460 valence electrons. The normalized spacial score (nSPS) is 18.6. The number of carbonyl (C=O) groups excluding carboxylic acids is 2. The number of allylic oxidation sites excluding steroid dienone is 3. The van der Waals surface area contributed by atoms with Gasteiger partial charge in [0.2, 0.25) is 5.91 Å². The van der Waals surface area contributed by atoms with Crippen molar-refractivity contribution < 1.29 is 49.3 Å². The van der Waals surface area contributed by atoms with Gasteiger partial charge in [0.05, 0.1) is 32.0 Å². The van der Waals surface area contributed by atoms with Gasteiger partial charge in [0.15, 0.2) is 6.29 Å². The van der Waals surface area contributed by atoms with E-state index in [-0.39, 0.29) is 18.5 Å². The summed E-state index contributed by atoms with van der Waals surface area (Å²) in [6, 6.07) is -0.812. The Balaban J connectivity index is 2.03. The van der Waals surface area contributed by atoms with Crippen LogP contribution >= 0.6 is 0 Å². The molecular weight excluding hydrogens is 979 g/mol. The van der Waals surface area contributed by atoms with Gasteiger partial charge in [-0.2, -0.15) is 0 Å². The van der Waals surface area contributed by atoms with E-state index < -0.39 is 49.5 Å². The number of hydrogen-bond acceptors (Lipinski definition) is 10. The summed E-state index contributed by atoms with van der Waals surface area (Å²) in [6.07, 6.45) is 60.0. The summed E-state index contributed by atoms with van der Waals surface area (Å²) in [5.41, 5.74) is 0. The molecule has 7 unspecified atom stereocenters. The zero-order valence-electron chi connectivity index (χ0n) is 50.9. The molecule has 0 bridgehead atoms. The Morgan fingerprint density at radius 1 is 0.462 bits per heavy atom. The first-order valence-corrected chi connectivity index (χ1v) is 33.6. The minimum atomic E-state index is -1.57. The van der Waals surface area contributed by atoms with Crippen molar-refractivity contribution in [1.29, 1.82) is 0 Å². The van der Waals surface area contributed by atoms with Gasteiger partial charge in [0.1, 0.15) is 24.4 Å². The van der Waals surface area contributed by atoms with Gasteiger partial charge >= 0.3 is 5.97 Å². The molecule has 0 saturated carbocycles. The molecule has 0 aromatic carbocycles. The number of amides is 1. The second-order valence-corrected chi connectivity index (χ2v) is 23.5. The minimum absolute atomic E-state index is 0.00302. The van der Waals surface area contributed by atoms with E-state index in [1.54, 1.807) is 6.08 Å². The molecule has 0 spiro atoms.